The van der Waals surface area contributed by atoms with Gasteiger partial charge in [-0.2, -0.15) is 0 Å². The third-order valence-electron chi connectivity index (χ3n) is 9.20. The van der Waals surface area contributed by atoms with Crippen LogP contribution in [0.15, 0.2) is 0 Å². The van der Waals surface area contributed by atoms with E-state index in [1.54, 1.807) is 0 Å². The van der Waals surface area contributed by atoms with Gasteiger partial charge in [-0.05, 0) is 99.2 Å². The van der Waals surface area contributed by atoms with E-state index in [1.165, 1.54) is 38.5 Å². The molecule has 4 saturated carbocycles. The molecule has 2 nitrogen and oxygen atoms in total. The van der Waals surface area contributed by atoms with Crippen molar-refractivity contribution in [2.45, 2.75) is 90.3 Å². The Hall–Kier alpha value is -0.0800. The van der Waals surface area contributed by atoms with E-state index in [0.717, 1.165) is 42.9 Å². The first-order valence-electron chi connectivity index (χ1n) is 9.68. The molecular weight excluding hydrogens is 272 g/mol. The fraction of sp³-hybridized carbons (Fsp3) is 1.00. The number of hydrogen-bond donors (Lipinski definition) is 2. The van der Waals surface area contributed by atoms with E-state index in [9.17, 15) is 10.2 Å². The topological polar surface area (TPSA) is 40.5 Å². The Morgan fingerprint density at radius 2 is 1.55 bits per heavy atom. The van der Waals surface area contributed by atoms with Crippen LogP contribution in [0.4, 0.5) is 0 Å². The lowest BCUT2D eigenvalue weighted by Crippen LogP contribution is -2.56. The monoisotopic (exact) mass is 306 g/mol. The van der Waals surface area contributed by atoms with Crippen LogP contribution < -0.4 is 0 Å². The van der Waals surface area contributed by atoms with Gasteiger partial charge in [0.2, 0.25) is 0 Å². The molecular formula is C20H34O2. The highest BCUT2D eigenvalue weighted by atomic mass is 16.3. The van der Waals surface area contributed by atoms with E-state index in [0.29, 0.717) is 5.41 Å². The number of hydrogen-bond acceptors (Lipinski definition) is 2. The van der Waals surface area contributed by atoms with E-state index >= 15 is 0 Å². The highest BCUT2D eigenvalue weighted by molar-refractivity contribution is 5.12. The highest BCUT2D eigenvalue weighted by Crippen LogP contribution is 2.68. The van der Waals surface area contributed by atoms with Gasteiger partial charge in [0, 0.05) is 0 Å². The summed E-state index contributed by atoms with van der Waals surface area (Å²) < 4.78 is 0. The van der Waals surface area contributed by atoms with Crippen molar-refractivity contribution < 1.29 is 10.2 Å². The van der Waals surface area contributed by atoms with Crippen molar-refractivity contribution in [3.63, 3.8) is 0 Å². The summed E-state index contributed by atoms with van der Waals surface area (Å²) in [7, 11) is 0. The molecule has 0 aromatic carbocycles. The standard InChI is InChI=1S/C20H34O2/c1-18-9-6-14(21)12-13(18)4-5-15-16(18)7-10-19(2)17(15)8-11-20(19,3)22/h13-17,21-22H,4-12H2,1-3H3/t13-,14?,15?,16?,17?,18?,19?,20+/m1/s1. The first-order valence-corrected chi connectivity index (χ1v) is 9.68. The van der Waals surface area contributed by atoms with E-state index in [1.807, 2.05) is 0 Å². The molecule has 0 saturated heterocycles. The van der Waals surface area contributed by atoms with Crippen LogP contribution in [0.1, 0.15) is 78.6 Å². The average molecular weight is 306 g/mol. The van der Waals surface area contributed by atoms with E-state index in [-0.39, 0.29) is 11.5 Å². The number of rotatable bonds is 0. The van der Waals surface area contributed by atoms with Crippen molar-refractivity contribution >= 4 is 0 Å². The summed E-state index contributed by atoms with van der Waals surface area (Å²) in [4.78, 5) is 0. The zero-order chi connectivity index (χ0) is 15.8. The predicted octanol–water partition coefficient (Wildman–Crippen LogP) is 4.14. The van der Waals surface area contributed by atoms with Gasteiger partial charge >= 0.3 is 0 Å². The van der Waals surface area contributed by atoms with Gasteiger partial charge in [-0.25, -0.2) is 0 Å². The second kappa shape index (κ2) is 4.72. The van der Waals surface area contributed by atoms with Crippen molar-refractivity contribution in [3.05, 3.63) is 0 Å². The Bertz CT molecular complexity index is 459. The largest absolute Gasteiger partial charge is 0.393 e. The van der Waals surface area contributed by atoms with Gasteiger partial charge in [-0.3, -0.25) is 0 Å². The van der Waals surface area contributed by atoms with Crippen molar-refractivity contribution in [2.75, 3.05) is 0 Å². The maximum Gasteiger partial charge on any atom is 0.0675 e. The quantitative estimate of drug-likeness (QED) is 0.706. The van der Waals surface area contributed by atoms with E-state index < -0.39 is 5.60 Å². The average Bonchev–Trinajstić information content (AvgIpc) is 2.70. The van der Waals surface area contributed by atoms with Crippen molar-refractivity contribution in [1.82, 2.24) is 0 Å². The zero-order valence-corrected chi connectivity index (χ0v) is 14.6. The van der Waals surface area contributed by atoms with Gasteiger partial charge < -0.3 is 10.2 Å². The molecule has 0 aliphatic heterocycles. The molecule has 4 rings (SSSR count). The SMILES string of the molecule is CC12CCC(O)C[C@H]1CCC1C2CCC2(C)C1CC[C@]2(C)O. The Morgan fingerprint density at radius 1 is 0.818 bits per heavy atom. The zero-order valence-electron chi connectivity index (χ0n) is 14.6. The third-order valence-corrected chi connectivity index (χ3v) is 9.20. The van der Waals surface area contributed by atoms with Crippen molar-refractivity contribution in [2.24, 2.45) is 34.5 Å². The fourth-order valence-corrected chi connectivity index (χ4v) is 7.48. The summed E-state index contributed by atoms with van der Waals surface area (Å²) in [6.07, 6.45) is 10.6. The van der Waals surface area contributed by atoms with Crippen LogP contribution in [0.2, 0.25) is 0 Å². The number of fused-ring (bicyclic) bond motifs is 5. The van der Waals surface area contributed by atoms with Gasteiger partial charge in [-0.15, -0.1) is 0 Å². The second-order valence-electron chi connectivity index (χ2n) is 9.85. The Morgan fingerprint density at radius 3 is 2.32 bits per heavy atom. The lowest BCUT2D eigenvalue weighted by atomic mass is 9.44. The van der Waals surface area contributed by atoms with Crippen LogP contribution in [-0.2, 0) is 0 Å². The fourth-order valence-electron chi connectivity index (χ4n) is 7.48. The minimum Gasteiger partial charge on any atom is -0.393 e. The van der Waals surface area contributed by atoms with Gasteiger partial charge in [0.1, 0.15) is 0 Å². The second-order valence-corrected chi connectivity index (χ2v) is 9.85. The summed E-state index contributed by atoms with van der Waals surface area (Å²) in [6.45, 7) is 7.01. The minimum absolute atomic E-state index is 0.0457. The molecule has 2 heteroatoms. The molecule has 4 aliphatic carbocycles. The summed E-state index contributed by atoms with van der Waals surface area (Å²) in [5.74, 6) is 3.13. The Balaban J connectivity index is 1.64. The minimum atomic E-state index is -0.455. The Kier molecular flexibility index (Phi) is 3.32. The number of aliphatic hydroxyl groups is 2. The van der Waals surface area contributed by atoms with Crippen LogP contribution in [0.5, 0.6) is 0 Å². The van der Waals surface area contributed by atoms with Gasteiger partial charge in [0.15, 0.2) is 0 Å². The molecule has 0 aromatic rings. The molecule has 0 spiro atoms. The molecule has 0 heterocycles. The van der Waals surface area contributed by atoms with E-state index in [4.69, 9.17) is 0 Å². The highest BCUT2D eigenvalue weighted by Gasteiger charge is 2.63. The first-order chi connectivity index (χ1) is 10.3. The molecule has 0 aromatic heterocycles. The first kappa shape index (κ1) is 15.4. The van der Waals surface area contributed by atoms with Crippen LogP contribution in [-0.4, -0.2) is 21.9 Å². The molecule has 4 fully saturated rings. The molecule has 4 aliphatic rings. The maximum atomic E-state index is 10.9. The molecule has 6 unspecified atom stereocenters. The van der Waals surface area contributed by atoms with Crippen LogP contribution in [0.25, 0.3) is 0 Å². The summed E-state index contributed by atoms with van der Waals surface area (Å²) in [5.41, 5.74) is 0.145. The summed E-state index contributed by atoms with van der Waals surface area (Å²) in [5, 5.41) is 21.0. The maximum absolute atomic E-state index is 10.9. The molecule has 0 amide bonds. The van der Waals surface area contributed by atoms with Gasteiger partial charge in [0.25, 0.3) is 0 Å². The van der Waals surface area contributed by atoms with Crippen molar-refractivity contribution in [3.8, 4) is 0 Å². The molecule has 22 heavy (non-hydrogen) atoms. The molecule has 0 radical (unpaired) electrons. The van der Waals surface area contributed by atoms with E-state index in [2.05, 4.69) is 20.8 Å². The number of aliphatic hydroxyl groups excluding tert-OH is 1. The normalized spacial score (nSPS) is 61.2. The molecule has 8 atom stereocenters. The molecule has 0 bridgehead atoms. The lowest BCUT2D eigenvalue weighted by molar-refractivity contribution is -0.153. The third kappa shape index (κ3) is 1.86. The summed E-state index contributed by atoms with van der Waals surface area (Å²) in [6, 6.07) is 0. The van der Waals surface area contributed by atoms with Crippen LogP contribution >= 0.6 is 0 Å². The van der Waals surface area contributed by atoms with Gasteiger partial charge in [-0.1, -0.05) is 13.8 Å². The lowest BCUT2D eigenvalue weighted by Gasteiger charge is -2.61. The smallest absolute Gasteiger partial charge is 0.0675 e. The van der Waals surface area contributed by atoms with Gasteiger partial charge in [0.05, 0.1) is 11.7 Å². The molecule has 2 N–H and O–H groups in total. The van der Waals surface area contributed by atoms with Crippen LogP contribution in [0.3, 0.4) is 0 Å². The predicted molar refractivity (Wildman–Crippen MR) is 88.4 cm³/mol. The Labute approximate surface area is 135 Å². The summed E-state index contributed by atoms with van der Waals surface area (Å²) >= 11 is 0. The molecule has 126 valence electrons. The van der Waals surface area contributed by atoms with Crippen molar-refractivity contribution in [1.29, 1.82) is 0 Å². The van der Waals surface area contributed by atoms with Crippen LogP contribution in [0, 0.1) is 34.5 Å².